The topological polar surface area (TPSA) is 24.5 Å². The van der Waals surface area contributed by atoms with Crippen molar-refractivity contribution in [1.29, 1.82) is 0 Å². The fourth-order valence-corrected chi connectivity index (χ4v) is 2.73. The Hall–Kier alpha value is -0.900. The second kappa shape index (κ2) is 7.63. The molecule has 0 bridgehead atoms. The van der Waals surface area contributed by atoms with Gasteiger partial charge in [-0.25, -0.2) is 0 Å². The third kappa shape index (κ3) is 4.30. The molecular formula is C16H26N2O. The molecule has 0 unspecified atom stereocenters. The van der Waals surface area contributed by atoms with Gasteiger partial charge < -0.3 is 15.0 Å². The second-order valence-electron chi connectivity index (χ2n) is 5.29. The molecule has 1 aromatic rings. The Morgan fingerprint density at radius 2 is 1.89 bits per heavy atom. The summed E-state index contributed by atoms with van der Waals surface area (Å²) in [6.07, 6.45) is 2.53. The van der Waals surface area contributed by atoms with Crippen molar-refractivity contribution in [1.82, 2.24) is 10.2 Å². The van der Waals surface area contributed by atoms with Gasteiger partial charge in [0, 0.05) is 19.7 Å². The summed E-state index contributed by atoms with van der Waals surface area (Å²) in [5.41, 5.74) is 2.66. The molecule has 0 saturated carbocycles. The number of methoxy groups -OCH3 is 1. The van der Waals surface area contributed by atoms with Crippen LogP contribution in [0, 0.1) is 0 Å². The standard InChI is InChI=1S/C16H26N2O/c1-3-18-10-8-16(9-11-18)17-12-14-6-4-5-7-15(14)13-19-2/h4-7,16-17H,3,8-13H2,1-2H3. The molecule has 106 valence electrons. The van der Waals surface area contributed by atoms with E-state index in [0.717, 1.165) is 6.54 Å². The SMILES string of the molecule is CCN1CCC(NCc2ccccc2COC)CC1. The Morgan fingerprint density at radius 3 is 2.53 bits per heavy atom. The van der Waals surface area contributed by atoms with E-state index >= 15 is 0 Å². The lowest BCUT2D eigenvalue weighted by atomic mass is 10.0. The predicted molar refractivity (Wildman–Crippen MR) is 79.1 cm³/mol. The summed E-state index contributed by atoms with van der Waals surface area (Å²) >= 11 is 0. The van der Waals surface area contributed by atoms with E-state index in [2.05, 4.69) is 41.4 Å². The Bertz CT molecular complexity index is 373. The van der Waals surface area contributed by atoms with Crippen LogP contribution in [0.15, 0.2) is 24.3 Å². The minimum Gasteiger partial charge on any atom is -0.380 e. The van der Waals surface area contributed by atoms with Gasteiger partial charge in [-0.05, 0) is 43.6 Å². The van der Waals surface area contributed by atoms with Gasteiger partial charge in [-0.1, -0.05) is 31.2 Å². The lowest BCUT2D eigenvalue weighted by Gasteiger charge is -2.31. The van der Waals surface area contributed by atoms with Crippen molar-refractivity contribution < 1.29 is 4.74 Å². The summed E-state index contributed by atoms with van der Waals surface area (Å²) in [4.78, 5) is 2.52. The van der Waals surface area contributed by atoms with E-state index in [1.54, 1.807) is 7.11 Å². The number of hydrogen-bond acceptors (Lipinski definition) is 3. The Morgan fingerprint density at radius 1 is 1.21 bits per heavy atom. The summed E-state index contributed by atoms with van der Waals surface area (Å²) in [6.45, 7) is 7.54. The maximum absolute atomic E-state index is 5.25. The third-order valence-electron chi connectivity index (χ3n) is 4.03. The number of likely N-dealkylation sites (tertiary alicyclic amines) is 1. The summed E-state index contributed by atoms with van der Waals surface area (Å²) < 4.78 is 5.25. The van der Waals surface area contributed by atoms with Crippen LogP contribution in [0.5, 0.6) is 0 Å². The summed E-state index contributed by atoms with van der Waals surface area (Å²) in [5.74, 6) is 0. The molecule has 2 rings (SSSR count). The molecule has 0 atom stereocenters. The molecular weight excluding hydrogens is 236 g/mol. The molecule has 1 aliphatic heterocycles. The van der Waals surface area contributed by atoms with Crippen molar-refractivity contribution in [3.8, 4) is 0 Å². The molecule has 0 aromatic heterocycles. The van der Waals surface area contributed by atoms with Gasteiger partial charge in [0.1, 0.15) is 0 Å². The van der Waals surface area contributed by atoms with E-state index in [0.29, 0.717) is 12.6 Å². The van der Waals surface area contributed by atoms with Crippen LogP contribution in [0.25, 0.3) is 0 Å². The number of nitrogens with zero attached hydrogens (tertiary/aromatic N) is 1. The van der Waals surface area contributed by atoms with Crippen LogP contribution in [0.4, 0.5) is 0 Å². The van der Waals surface area contributed by atoms with Gasteiger partial charge in [-0.15, -0.1) is 0 Å². The first-order chi connectivity index (χ1) is 9.33. The van der Waals surface area contributed by atoms with Gasteiger partial charge in [-0.2, -0.15) is 0 Å². The molecule has 0 aliphatic carbocycles. The summed E-state index contributed by atoms with van der Waals surface area (Å²) in [7, 11) is 1.75. The minimum absolute atomic E-state index is 0.665. The van der Waals surface area contributed by atoms with Crippen molar-refractivity contribution in [2.45, 2.75) is 39.0 Å². The Balaban J connectivity index is 1.82. The van der Waals surface area contributed by atoms with Crippen molar-refractivity contribution >= 4 is 0 Å². The molecule has 0 amide bonds. The van der Waals surface area contributed by atoms with E-state index in [1.165, 1.54) is 43.6 Å². The van der Waals surface area contributed by atoms with Gasteiger partial charge in [0.15, 0.2) is 0 Å². The molecule has 19 heavy (non-hydrogen) atoms. The maximum Gasteiger partial charge on any atom is 0.0716 e. The number of hydrogen-bond donors (Lipinski definition) is 1. The molecule has 3 heteroatoms. The molecule has 1 fully saturated rings. The first-order valence-corrected chi connectivity index (χ1v) is 7.35. The van der Waals surface area contributed by atoms with Crippen molar-refractivity contribution in [2.24, 2.45) is 0 Å². The molecule has 1 N–H and O–H groups in total. The lowest BCUT2D eigenvalue weighted by Crippen LogP contribution is -2.42. The molecule has 1 saturated heterocycles. The Kier molecular flexibility index (Phi) is 5.83. The monoisotopic (exact) mass is 262 g/mol. The van der Waals surface area contributed by atoms with Gasteiger partial charge in [0.05, 0.1) is 6.61 Å². The molecule has 0 radical (unpaired) electrons. The summed E-state index contributed by atoms with van der Waals surface area (Å²) in [5, 5.41) is 3.70. The normalized spacial score (nSPS) is 17.8. The van der Waals surface area contributed by atoms with E-state index in [4.69, 9.17) is 4.74 Å². The molecule has 0 spiro atoms. The number of rotatable bonds is 6. The maximum atomic E-state index is 5.25. The second-order valence-corrected chi connectivity index (χ2v) is 5.29. The first-order valence-electron chi connectivity index (χ1n) is 7.35. The number of ether oxygens (including phenoxy) is 1. The predicted octanol–water partition coefficient (Wildman–Crippen LogP) is 2.41. The largest absolute Gasteiger partial charge is 0.380 e. The lowest BCUT2D eigenvalue weighted by molar-refractivity contribution is 0.183. The summed E-state index contributed by atoms with van der Waals surface area (Å²) in [6, 6.07) is 9.20. The minimum atomic E-state index is 0.665. The van der Waals surface area contributed by atoms with Crippen LogP contribution in [-0.2, 0) is 17.9 Å². The van der Waals surface area contributed by atoms with Crippen LogP contribution in [0.2, 0.25) is 0 Å². The van der Waals surface area contributed by atoms with Gasteiger partial charge in [0.2, 0.25) is 0 Å². The number of nitrogens with one attached hydrogen (secondary N) is 1. The van der Waals surface area contributed by atoms with E-state index in [1.807, 2.05) is 0 Å². The zero-order chi connectivity index (χ0) is 13.5. The van der Waals surface area contributed by atoms with Crippen LogP contribution < -0.4 is 5.32 Å². The molecule has 1 aromatic carbocycles. The van der Waals surface area contributed by atoms with E-state index in [9.17, 15) is 0 Å². The Labute approximate surface area is 116 Å². The number of benzene rings is 1. The van der Waals surface area contributed by atoms with Crippen LogP contribution in [0.1, 0.15) is 30.9 Å². The van der Waals surface area contributed by atoms with Gasteiger partial charge in [0.25, 0.3) is 0 Å². The third-order valence-corrected chi connectivity index (χ3v) is 4.03. The van der Waals surface area contributed by atoms with Crippen molar-refractivity contribution in [2.75, 3.05) is 26.7 Å². The van der Waals surface area contributed by atoms with E-state index in [-0.39, 0.29) is 0 Å². The highest BCUT2D eigenvalue weighted by atomic mass is 16.5. The van der Waals surface area contributed by atoms with Crippen LogP contribution >= 0.6 is 0 Å². The molecule has 3 nitrogen and oxygen atoms in total. The molecule has 1 aliphatic rings. The highest BCUT2D eigenvalue weighted by molar-refractivity contribution is 5.26. The van der Waals surface area contributed by atoms with Crippen LogP contribution in [-0.4, -0.2) is 37.7 Å². The first kappa shape index (κ1) is 14.5. The van der Waals surface area contributed by atoms with Gasteiger partial charge in [-0.3, -0.25) is 0 Å². The zero-order valence-corrected chi connectivity index (χ0v) is 12.2. The molecule has 1 heterocycles. The number of piperidine rings is 1. The van der Waals surface area contributed by atoms with Crippen LogP contribution in [0.3, 0.4) is 0 Å². The van der Waals surface area contributed by atoms with Gasteiger partial charge >= 0.3 is 0 Å². The smallest absolute Gasteiger partial charge is 0.0716 e. The highest BCUT2D eigenvalue weighted by Gasteiger charge is 2.17. The fraction of sp³-hybridized carbons (Fsp3) is 0.625. The van der Waals surface area contributed by atoms with Crippen molar-refractivity contribution in [3.05, 3.63) is 35.4 Å². The average molecular weight is 262 g/mol. The quantitative estimate of drug-likeness (QED) is 0.852. The van der Waals surface area contributed by atoms with E-state index < -0.39 is 0 Å². The van der Waals surface area contributed by atoms with Crippen molar-refractivity contribution in [3.63, 3.8) is 0 Å². The zero-order valence-electron chi connectivity index (χ0n) is 12.2. The highest BCUT2D eigenvalue weighted by Crippen LogP contribution is 2.13. The average Bonchev–Trinajstić information content (AvgIpc) is 2.47. The fourth-order valence-electron chi connectivity index (χ4n) is 2.73.